The van der Waals surface area contributed by atoms with E-state index in [-0.39, 0.29) is 0 Å². The first-order valence-electron chi connectivity index (χ1n) is 13.1. The summed E-state index contributed by atoms with van der Waals surface area (Å²) in [5.41, 5.74) is 1.11. The van der Waals surface area contributed by atoms with Gasteiger partial charge >= 0.3 is 0 Å². The SMILES string of the molecule is CCOC(CCCCCCCCCCCCSSSSc1nc2ccccc2s1)(OCC)OCC. The van der Waals surface area contributed by atoms with Crippen LogP contribution in [0.25, 0.3) is 10.2 Å². The van der Waals surface area contributed by atoms with Gasteiger partial charge in [-0.3, -0.25) is 0 Å². The van der Waals surface area contributed by atoms with Gasteiger partial charge in [0.05, 0.1) is 10.2 Å². The molecule has 4 nitrogen and oxygen atoms in total. The second-order valence-electron chi connectivity index (χ2n) is 8.26. The second kappa shape index (κ2) is 20.4. The molecule has 2 aromatic rings. The summed E-state index contributed by atoms with van der Waals surface area (Å²) in [4.78, 5) is 4.67. The van der Waals surface area contributed by atoms with E-state index in [1.54, 1.807) is 22.1 Å². The Morgan fingerprint density at radius 3 is 1.91 bits per heavy atom. The van der Waals surface area contributed by atoms with Gasteiger partial charge in [0.1, 0.15) is 0 Å². The number of aromatic nitrogens is 1. The normalized spacial score (nSPS) is 12.1. The summed E-state index contributed by atoms with van der Waals surface area (Å²) in [6.07, 6.45) is 13.9. The van der Waals surface area contributed by atoms with Crippen molar-refractivity contribution in [2.75, 3.05) is 25.6 Å². The number of fused-ring (bicyclic) bond motifs is 1. The van der Waals surface area contributed by atoms with Gasteiger partial charge in [-0.05, 0) is 76.2 Å². The van der Waals surface area contributed by atoms with E-state index in [2.05, 4.69) is 29.2 Å². The van der Waals surface area contributed by atoms with E-state index in [1.807, 2.05) is 51.2 Å². The molecule has 0 amide bonds. The van der Waals surface area contributed by atoms with Crippen molar-refractivity contribution in [3.8, 4) is 0 Å². The van der Waals surface area contributed by atoms with Gasteiger partial charge in [0.2, 0.25) is 0 Å². The zero-order chi connectivity index (χ0) is 25.0. The topological polar surface area (TPSA) is 40.6 Å². The number of ether oxygens (including phenoxy) is 3. The molecule has 0 saturated carbocycles. The average Bonchev–Trinajstić information content (AvgIpc) is 3.27. The number of benzene rings is 1. The summed E-state index contributed by atoms with van der Waals surface area (Å²) in [6, 6.07) is 8.36. The summed E-state index contributed by atoms with van der Waals surface area (Å²) >= 11 is 1.78. The molecule has 0 spiro atoms. The Hall–Kier alpha value is 0.390. The average molecular weight is 578 g/mol. The molecule has 1 heterocycles. The second-order valence-corrected chi connectivity index (χ2v) is 15.5. The number of hydrogen-bond acceptors (Lipinski definition) is 9. The van der Waals surface area contributed by atoms with Crippen molar-refractivity contribution in [1.29, 1.82) is 0 Å². The van der Waals surface area contributed by atoms with Gasteiger partial charge in [0, 0.05) is 32.0 Å². The third kappa shape index (κ3) is 13.7. The van der Waals surface area contributed by atoms with E-state index in [0.717, 1.165) is 22.7 Å². The Morgan fingerprint density at radius 2 is 1.31 bits per heavy atom. The molecule has 0 aliphatic rings. The molecule has 0 radical (unpaired) electrons. The minimum Gasteiger partial charge on any atom is -0.328 e. The van der Waals surface area contributed by atoms with Crippen molar-refractivity contribution in [2.45, 2.75) is 102 Å². The fourth-order valence-corrected chi connectivity index (χ4v) is 11.3. The van der Waals surface area contributed by atoms with Crippen LogP contribution in [0.4, 0.5) is 0 Å². The number of hydrogen-bond donors (Lipinski definition) is 0. The van der Waals surface area contributed by atoms with Gasteiger partial charge in [-0.1, -0.05) is 74.3 Å². The van der Waals surface area contributed by atoms with Crippen LogP contribution in [0.2, 0.25) is 0 Å². The Bertz CT molecular complexity index is 726. The van der Waals surface area contributed by atoms with Crippen LogP contribution in [0.3, 0.4) is 0 Å². The van der Waals surface area contributed by atoms with Gasteiger partial charge in [-0.25, -0.2) is 4.98 Å². The molecule has 0 N–H and O–H groups in total. The molecule has 200 valence electrons. The van der Waals surface area contributed by atoms with E-state index < -0.39 is 5.97 Å². The predicted octanol–water partition coefficient (Wildman–Crippen LogP) is 10.4. The van der Waals surface area contributed by atoms with E-state index in [9.17, 15) is 0 Å². The molecule has 0 saturated heterocycles. The van der Waals surface area contributed by atoms with Crippen molar-refractivity contribution in [3.05, 3.63) is 24.3 Å². The van der Waals surface area contributed by atoms with Gasteiger partial charge in [-0.2, -0.15) is 0 Å². The molecule has 35 heavy (non-hydrogen) atoms. The highest BCUT2D eigenvalue weighted by Gasteiger charge is 2.31. The lowest BCUT2D eigenvalue weighted by Gasteiger charge is -2.32. The Balaban J connectivity index is 1.35. The van der Waals surface area contributed by atoms with Crippen molar-refractivity contribution in [1.82, 2.24) is 4.98 Å². The zero-order valence-corrected chi connectivity index (χ0v) is 25.7. The summed E-state index contributed by atoms with van der Waals surface area (Å²) in [5, 5.41) is 0. The van der Waals surface area contributed by atoms with E-state index in [0.29, 0.717) is 19.8 Å². The number of thiazole rings is 1. The van der Waals surface area contributed by atoms with Crippen LogP contribution in [0.5, 0.6) is 0 Å². The highest BCUT2D eigenvalue weighted by Crippen LogP contribution is 2.48. The molecular weight excluding hydrogens is 535 g/mol. The molecule has 0 atom stereocenters. The number of nitrogens with zero attached hydrogens (tertiary/aromatic N) is 1. The maximum absolute atomic E-state index is 5.81. The van der Waals surface area contributed by atoms with Gasteiger partial charge in [0.15, 0.2) is 4.34 Å². The van der Waals surface area contributed by atoms with Crippen LogP contribution in [-0.4, -0.2) is 36.5 Å². The lowest BCUT2D eigenvalue weighted by Crippen LogP contribution is -2.39. The van der Waals surface area contributed by atoms with Crippen molar-refractivity contribution in [3.63, 3.8) is 0 Å². The highest BCUT2D eigenvalue weighted by molar-refractivity contribution is 9.26. The summed E-state index contributed by atoms with van der Waals surface area (Å²) < 4.78 is 19.8. The fraction of sp³-hybridized carbons (Fsp3) is 0.731. The molecule has 0 aliphatic heterocycles. The van der Waals surface area contributed by atoms with E-state index in [4.69, 9.17) is 14.2 Å². The molecule has 0 fully saturated rings. The maximum Gasteiger partial charge on any atom is 0.282 e. The van der Waals surface area contributed by atoms with Crippen LogP contribution in [0.15, 0.2) is 28.6 Å². The molecule has 9 heteroatoms. The van der Waals surface area contributed by atoms with Crippen molar-refractivity contribution >= 4 is 62.8 Å². The van der Waals surface area contributed by atoms with Crippen LogP contribution in [0, 0.1) is 0 Å². The van der Waals surface area contributed by atoms with Crippen LogP contribution >= 0.6 is 52.6 Å². The third-order valence-corrected chi connectivity index (χ3v) is 13.2. The van der Waals surface area contributed by atoms with E-state index in [1.165, 1.54) is 68.2 Å². The quantitative estimate of drug-likeness (QED) is 0.0734. The van der Waals surface area contributed by atoms with E-state index >= 15 is 0 Å². The molecular formula is C26H43NO3S5. The summed E-state index contributed by atoms with van der Waals surface area (Å²) in [7, 11) is 7.49. The monoisotopic (exact) mass is 577 g/mol. The standard InChI is InChI=1S/C26H43NO3S5/c1-4-28-26(29-5-2,30-6-3)21-17-13-11-9-7-8-10-12-14-18-22-31-34-35-33-25-27-23-19-15-16-20-24(23)32-25/h15-16,19-20H,4-14,17-18,21-22H2,1-3H3. The van der Waals surface area contributed by atoms with Gasteiger partial charge < -0.3 is 14.2 Å². The van der Waals surface area contributed by atoms with Gasteiger partial charge in [-0.15, -0.1) is 11.3 Å². The highest BCUT2D eigenvalue weighted by atomic mass is 33.7. The Morgan fingerprint density at radius 1 is 0.743 bits per heavy atom. The first-order chi connectivity index (χ1) is 17.2. The Labute approximate surface area is 232 Å². The Kier molecular flexibility index (Phi) is 18.4. The predicted molar refractivity (Wildman–Crippen MR) is 162 cm³/mol. The smallest absolute Gasteiger partial charge is 0.282 e. The first-order valence-corrected chi connectivity index (χ1v) is 18.9. The molecule has 0 aliphatic carbocycles. The minimum absolute atomic E-state index is 0.612. The van der Waals surface area contributed by atoms with Gasteiger partial charge in [0.25, 0.3) is 5.97 Å². The summed E-state index contributed by atoms with van der Waals surface area (Å²) in [6.45, 7) is 7.82. The lowest BCUT2D eigenvalue weighted by molar-refractivity contribution is -0.380. The number of rotatable bonds is 23. The molecule has 1 aromatic carbocycles. The molecule has 0 bridgehead atoms. The molecule has 0 unspecified atom stereocenters. The fourth-order valence-electron chi connectivity index (χ4n) is 3.90. The minimum atomic E-state index is -0.830. The zero-order valence-electron chi connectivity index (χ0n) is 21.6. The molecule has 1 aromatic heterocycles. The first kappa shape index (κ1) is 31.6. The largest absolute Gasteiger partial charge is 0.328 e. The van der Waals surface area contributed by atoms with Crippen LogP contribution in [-0.2, 0) is 14.2 Å². The molecule has 2 rings (SSSR count). The van der Waals surface area contributed by atoms with Crippen molar-refractivity contribution in [2.24, 2.45) is 0 Å². The van der Waals surface area contributed by atoms with Crippen molar-refractivity contribution < 1.29 is 14.2 Å². The maximum atomic E-state index is 5.81. The number of para-hydroxylation sites is 1. The van der Waals surface area contributed by atoms with Crippen LogP contribution < -0.4 is 0 Å². The number of unbranched alkanes of at least 4 members (excludes halogenated alkanes) is 9. The van der Waals surface area contributed by atoms with Crippen LogP contribution in [0.1, 0.15) is 91.4 Å². The third-order valence-electron chi connectivity index (χ3n) is 5.51. The summed E-state index contributed by atoms with van der Waals surface area (Å²) in [5.74, 6) is 0.410. The lowest BCUT2D eigenvalue weighted by atomic mass is 10.1.